The lowest BCUT2D eigenvalue weighted by Gasteiger charge is -2.17. The number of anilines is 1. The number of allylic oxidation sites excluding steroid dienone is 1. The first-order valence-corrected chi connectivity index (χ1v) is 12.5. The summed E-state index contributed by atoms with van der Waals surface area (Å²) in [4.78, 5) is 30.8. The molecule has 0 spiro atoms. The smallest absolute Gasteiger partial charge is 0.329 e. The highest BCUT2D eigenvalue weighted by Gasteiger charge is 2.28. The van der Waals surface area contributed by atoms with Gasteiger partial charge in [0.25, 0.3) is 0 Å². The second kappa shape index (κ2) is 9.89. The Morgan fingerprint density at radius 1 is 1.05 bits per heavy atom. The van der Waals surface area contributed by atoms with Crippen LogP contribution in [0.5, 0.6) is 0 Å². The fourth-order valence-corrected chi connectivity index (χ4v) is 4.66. The molecule has 0 unspecified atom stereocenters. The number of tetrazole rings is 1. The van der Waals surface area contributed by atoms with E-state index in [4.69, 9.17) is 11.6 Å². The fraction of sp³-hybridized carbons (Fsp3) is 0.292. The minimum Gasteiger partial charge on any atom is -0.329 e. The Balaban J connectivity index is 1.45. The van der Waals surface area contributed by atoms with Crippen molar-refractivity contribution in [3.63, 3.8) is 0 Å². The molecule has 1 saturated carbocycles. The molecule has 1 fully saturated rings. The van der Waals surface area contributed by atoms with Gasteiger partial charge in [-0.15, -0.1) is 5.10 Å². The third-order valence-corrected chi connectivity index (χ3v) is 6.71. The molecule has 16 heteroatoms. The molecule has 4 aromatic rings. The third-order valence-electron chi connectivity index (χ3n) is 6.46. The summed E-state index contributed by atoms with van der Waals surface area (Å²) in [5.41, 5.74) is -0.369. The first kappa shape index (κ1) is 25.7. The van der Waals surface area contributed by atoms with Gasteiger partial charge in [0.1, 0.15) is 5.82 Å². The number of rotatable bonds is 7. The van der Waals surface area contributed by atoms with E-state index in [1.165, 1.54) is 4.68 Å². The summed E-state index contributed by atoms with van der Waals surface area (Å²) >= 11 is 6.38. The van der Waals surface area contributed by atoms with E-state index in [0.29, 0.717) is 34.1 Å². The number of hydrogen-bond acceptors (Lipinski definition) is 8. The van der Waals surface area contributed by atoms with Crippen LogP contribution in [0.1, 0.15) is 47.9 Å². The SMILES string of the molecule is Cn1cc2c(n1)C=C(Cl)CC(Nc1nc(=O)n(Cc3nnnn3C3CC3)c(=O)n1Cc1cc(F)c(F)cc1F)=C2. The molecule has 0 amide bonds. The Kier molecular flexibility index (Phi) is 6.37. The van der Waals surface area contributed by atoms with Crippen LogP contribution in [0.2, 0.25) is 0 Å². The lowest BCUT2D eigenvalue weighted by Crippen LogP contribution is -2.43. The van der Waals surface area contributed by atoms with Gasteiger partial charge in [0, 0.05) is 47.6 Å². The number of benzene rings is 1. The van der Waals surface area contributed by atoms with Crippen LogP contribution in [-0.2, 0) is 20.1 Å². The Bertz CT molecular complexity index is 1830. The van der Waals surface area contributed by atoms with Crippen molar-refractivity contribution in [1.82, 2.24) is 44.1 Å². The predicted molar refractivity (Wildman–Crippen MR) is 137 cm³/mol. The van der Waals surface area contributed by atoms with E-state index in [2.05, 4.69) is 30.9 Å². The Hall–Kier alpha value is -4.53. The van der Waals surface area contributed by atoms with E-state index in [1.54, 1.807) is 30.1 Å². The van der Waals surface area contributed by atoms with Gasteiger partial charge >= 0.3 is 11.4 Å². The van der Waals surface area contributed by atoms with Crippen molar-refractivity contribution in [2.75, 3.05) is 5.32 Å². The summed E-state index contributed by atoms with van der Waals surface area (Å²) in [5, 5.41) is 19.2. The highest BCUT2D eigenvalue weighted by molar-refractivity contribution is 6.31. The first-order chi connectivity index (χ1) is 19.2. The number of nitrogens with zero attached hydrogens (tertiary/aromatic N) is 9. The second-order valence-electron chi connectivity index (χ2n) is 9.51. The predicted octanol–water partition coefficient (Wildman–Crippen LogP) is 2.41. The molecular formula is C24H20ClF3N10O2. The molecule has 6 rings (SSSR count). The van der Waals surface area contributed by atoms with Crippen molar-refractivity contribution in [2.24, 2.45) is 7.05 Å². The molecule has 12 nitrogen and oxygen atoms in total. The second-order valence-corrected chi connectivity index (χ2v) is 9.99. The van der Waals surface area contributed by atoms with Crippen LogP contribution in [-0.4, -0.2) is 44.1 Å². The maximum absolute atomic E-state index is 14.6. The number of nitrogens with one attached hydrogen (secondary N) is 1. The molecule has 0 bridgehead atoms. The molecule has 2 aliphatic carbocycles. The average Bonchev–Trinajstić information content (AvgIpc) is 3.56. The van der Waals surface area contributed by atoms with Crippen LogP contribution in [0.25, 0.3) is 12.2 Å². The average molecular weight is 573 g/mol. The van der Waals surface area contributed by atoms with Gasteiger partial charge in [0.05, 0.1) is 24.8 Å². The van der Waals surface area contributed by atoms with E-state index >= 15 is 0 Å². The van der Waals surface area contributed by atoms with Crippen molar-refractivity contribution in [3.05, 3.63) is 90.1 Å². The number of hydrogen-bond donors (Lipinski definition) is 1. The van der Waals surface area contributed by atoms with Crippen LogP contribution < -0.4 is 16.7 Å². The molecule has 0 saturated heterocycles. The van der Waals surface area contributed by atoms with Crippen LogP contribution in [0.15, 0.2) is 38.6 Å². The summed E-state index contributed by atoms with van der Waals surface area (Å²) in [7, 11) is 1.74. The van der Waals surface area contributed by atoms with E-state index < -0.39 is 35.4 Å². The maximum Gasteiger partial charge on any atom is 0.355 e. The van der Waals surface area contributed by atoms with E-state index in [0.717, 1.165) is 22.0 Å². The van der Waals surface area contributed by atoms with Crippen molar-refractivity contribution in [2.45, 2.75) is 38.4 Å². The monoisotopic (exact) mass is 572 g/mol. The van der Waals surface area contributed by atoms with Gasteiger partial charge in [-0.2, -0.15) is 10.1 Å². The Morgan fingerprint density at radius 3 is 2.60 bits per heavy atom. The van der Waals surface area contributed by atoms with Crippen molar-refractivity contribution in [3.8, 4) is 0 Å². The van der Waals surface area contributed by atoms with Gasteiger partial charge in [-0.25, -0.2) is 32.0 Å². The van der Waals surface area contributed by atoms with Gasteiger partial charge in [0.15, 0.2) is 17.5 Å². The normalized spacial score (nSPS) is 14.9. The molecule has 1 N–H and O–H groups in total. The molecule has 0 atom stereocenters. The van der Waals surface area contributed by atoms with Crippen LogP contribution in [0.3, 0.4) is 0 Å². The van der Waals surface area contributed by atoms with Crippen LogP contribution in [0, 0.1) is 17.5 Å². The summed E-state index contributed by atoms with van der Waals surface area (Å²) < 4.78 is 47.1. The van der Waals surface area contributed by atoms with Gasteiger partial charge in [-0.05, 0) is 41.5 Å². The number of fused-ring (bicyclic) bond motifs is 1. The van der Waals surface area contributed by atoms with Crippen molar-refractivity contribution < 1.29 is 13.2 Å². The minimum atomic E-state index is -1.38. The maximum atomic E-state index is 14.6. The molecule has 0 radical (unpaired) electrons. The van der Waals surface area contributed by atoms with Gasteiger partial charge < -0.3 is 5.32 Å². The Morgan fingerprint density at radius 2 is 1.82 bits per heavy atom. The quantitative estimate of drug-likeness (QED) is 0.334. The zero-order valence-electron chi connectivity index (χ0n) is 20.9. The molecule has 3 aromatic heterocycles. The van der Waals surface area contributed by atoms with Crippen molar-refractivity contribution in [1.29, 1.82) is 0 Å². The van der Waals surface area contributed by atoms with Gasteiger partial charge in [-0.1, -0.05) is 11.6 Å². The molecular weight excluding hydrogens is 553 g/mol. The van der Waals surface area contributed by atoms with Crippen LogP contribution >= 0.6 is 11.6 Å². The summed E-state index contributed by atoms with van der Waals surface area (Å²) in [6.07, 6.45) is 7.05. The number of aromatic nitrogens is 9. The molecule has 206 valence electrons. The minimum absolute atomic E-state index is 0.0745. The van der Waals surface area contributed by atoms with E-state index in [-0.39, 0.29) is 36.3 Å². The summed E-state index contributed by atoms with van der Waals surface area (Å²) in [6.45, 7) is -0.870. The van der Waals surface area contributed by atoms with Crippen LogP contribution in [0.4, 0.5) is 19.1 Å². The lowest BCUT2D eigenvalue weighted by molar-refractivity contribution is 0.484. The highest BCUT2D eigenvalue weighted by Crippen LogP contribution is 2.34. The van der Waals surface area contributed by atoms with E-state index in [9.17, 15) is 22.8 Å². The highest BCUT2D eigenvalue weighted by atomic mass is 35.5. The molecule has 3 heterocycles. The summed E-state index contributed by atoms with van der Waals surface area (Å²) in [6, 6.07) is 1.11. The molecule has 1 aromatic carbocycles. The molecule has 40 heavy (non-hydrogen) atoms. The summed E-state index contributed by atoms with van der Waals surface area (Å²) in [5.74, 6) is -3.73. The number of halogens is 4. The Labute approximate surface area is 228 Å². The molecule has 0 aliphatic heterocycles. The largest absolute Gasteiger partial charge is 0.355 e. The zero-order valence-corrected chi connectivity index (χ0v) is 21.6. The van der Waals surface area contributed by atoms with Crippen molar-refractivity contribution >= 4 is 29.7 Å². The van der Waals surface area contributed by atoms with E-state index in [1.807, 2.05) is 0 Å². The van der Waals surface area contributed by atoms with Gasteiger partial charge in [0.2, 0.25) is 5.95 Å². The lowest BCUT2D eigenvalue weighted by atomic mass is 10.2. The zero-order chi connectivity index (χ0) is 28.1. The number of aryl methyl sites for hydroxylation is 1. The topological polar surface area (TPSA) is 130 Å². The third kappa shape index (κ3) is 4.95. The van der Waals surface area contributed by atoms with Gasteiger partial charge in [-0.3, -0.25) is 9.25 Å². The fourth-order valence-electron chi connectivity index (χ4n) is 4.41. The molecule has 2 aliphatic rings. The first-order valence-electron chi connectivity index (χ1n) is 12.2. The standard InChI is InChI=1S/C24H20ClF3N10O2/c1-35-9-13-4-15(6-14(25)7-20(13)32-35)29-22-30-23(39)37(11-21-31-33-34-38(21)16-2-3-16)24(40)36(22)10-12-5-18(27)19(28)8-17(12)26/h4-5,7-9,16H,2-3,6,10-11H2,1H3,(H,29,30,39).